The minimum atomic E-state index is -0.166. The summed E-state index contributed by atoms with van der Waals surface area (Å²) in [4.78, 5) is 12.5. The molecular weight excluding hydrogens is 354 g/mol. The van der Waals surface area contributed by atoms with Crippen LogP contribution >= 0.6 is 0 Å². The van der Waals surface area contributed by atoms with E-state index in [9.17, 15) is 4.79 Å². The van der Waals surface area contributed by atoms with Crippen molar-refractivity contribution < 1.29 is 19.0 Å². The quantitative estimate of drug-likeness (QED) is 0.475. The molecule has 0 saturated carbocycles. The summed E-state index contributed by atoms with van der Waals surface area (Å²) in [6.45, 7) is 6.55. The highest BCUT2D eigenvalue weighted by atomic mass is 16.5. The molecule has 1 amide bonds. The number of carbonyl (C=O) groups excluding carboxylic acids is 1. The van der Waals surface area contributed by atoms with Gasteiger partial charge in [-0.2, -0.15) is 0 Å². The van der Waals surface area contributed by atoms with Crippen LogP contribution in [0.3, 0.4) is 0 Å². The van der Waals surface area contributed by atoms with Gasteiger partial charge in [-0.05, 0) is 49.7 Å². The molecular formula is C23H31NO4. The Balaban J connectivity index is 1.82. The normalized spacial score (nSPS) is 10.5. The maximum Gasteiger partial charge on any atom is 0.255 e. The van der Waals surface area contributed by atoms with Crippen LogP contribution in [-0.4, -0.2) is 32.3 Å². The van der Waals surface area contributed by atoms with Crippen molar-refractivity contribution in [1.29, 1.82) is 0 Å². The molecule has 0 spiro atoms. The standard InChI is InChI=1S/C23H31NO4/c1-3-5-6-7-15-27-22-10-8-9-20(18-22)24-23(25)19-11-13-21(14-12-19)28-17-16-26-4-2/h8-14,18H,3-7,15-17H2,1-2H3,(H,24,25). The molecule has 0 saturated heterocycles. The highest BCUT2D eigenvalue weighted by Crippen LogP contribution is 2.19. The number of rotatable bonds is 13. The number of anilines is 1. The van der Waals surface area contributed by atoms with E-state index in [-0.39, 0.29) is 5.91 Å². The summed E-state index contributed by atoms with van der Waals surface area (Å²) in [5, 5.41) is 2.91. The summed E-state index contributed by atoms with van der Waals surface area (Å²) in [5.41, 5.74) is 1.29. The summed E-state index contributed by atoms with van der Waals surface area (Å²) in [6.07, 6.45) is 4.67. The first-order valence-electron chi connectivity index (χ1n) is 10.1. The molecule has 5 heteroatoms. The second-order valence-electron chi connectivity index (χ2n) is 6.46. The van der Waals surface area contributed by atoms with Gasteiger partial charge >= 0.3 is 0 Å². The van der Waals surface area contributed by atoms with E-state index in [2.05, 4.69) is 12.2 Å². The molecule has 152 valence electrons. The monoisotopic (exact) mass is 385 g/mol. The van der Waals surface area contributed by atoms with Crippen LogP contribution in [-0.2, 0) is 4.74 Å². The lowest BCUT2D eigenvalue weighted by molar-refractivity contribution is 0.102. The number of nitrogens with one attached hydrogen (secondary N) is 1. The zero-order valence-electron chi connectivity index (χ0n) is 16.9. The molecule has 2 rings (SSSR count). The minimum absolute atomic E-state index is 0.166. The van der Waals surface area contributed by atoms with Gasteiger partial charge in [-0.3, -0.25) is 4.79 Å². The maximum absolute atomic E-state index is 12.5. The predicted octanol–water partition coefficient (Wildman–Crippen LogP) is 5.31. The van der Waals surface area contributed by atoms with Crippen LogP contribution in [0.2, 0.25) is 0 Å². The molecule has 0 atom stereocenters. The summed E-state index contributed by atoms with van der Waals surface area (Å²) < 4.78 is 16.6. The SMILES string of the molecule is CCCCCCOc1cccc(NC(=O)c2ccc(OCCOCC)cc2)c1. The van der Waals surface area contributed by atoms with Gasteiger partial charge in [-0.25, -0.2) is 0 Å². The van der Waals surface area contributed by atoms with Crippen LogP contribution in [0.4, 0.5) is 5.69 Å². The van der Waals surface area contributed by atoms with Crippen molar-refractivity contribution in [2.24, 2.45) is 0 Å². The predicted molar refractivity (Wildman–Crippen MR) is 112 cm³/mol. The first-order chi connectivity index (χ1) is 13.7. The smallest absolute Gasteiger partial charge is 0.255 e. The van der Waals surface area contributed by atoms with Crippen LogP contribution < -0.4 is 14.8 Å². The van der Waals surface area contributed by atoms with Crippen LogP contribution in [0.15, 0.2) is 48.5 Å². The number of hydrogen-bond donors (Lipinski definition) is 1. The topological polar surface area (TPSA) is 56.8 Å². The molecule has 0 aromatic heterocycles. The van der Waals surface area contributed by atoms with Crippen molar-refractivity contribution in [3.8, 4) is 11.5 Å². The van der Waals surface area contributed by atoms with Gasteiger partial charge in [0.05, 0.1) is 13.2 Å². The highest BCUT2D eigenvalue weighted by molar-refractivity contribution is 6.04. The number of amides is 1. The number of carbonyl (C=O) groups is 1. The first-order valence-corrected chi connectivity index (χ1v) is 10.1. The van der Waals surface area contributed by atoms with Crippen molar-refractivity contribution in [1.82, 2.24) is 0 Å². The fourth-order valence-corrected chi connectivity index (χ4v) is 2.65. The average Bonchev–Trinajstić information content (AvgIpc) is 2.72. The fourth-order valence-electron chi connectivity index (χ4n) is 2.65. The third kappa shape index (κ3) is 8.01. The zero-order valence-corrected chi connectivity index (χ0v) is 16.9. The third-order valence-electron chi connectivity index (χ3n) is 4.18. The van der Waals surface area contributed by atoms with Gasteiger partial charge in [-0.15, -0.1) is 0 Å². The molecule has 0 aliphatic heterocycles. The number of benzene rings is 2. The lowest BCUT2D eigenvalue weighted by Crippen LogP contribution is -2.12. The Morgan fingerprint density at radius 3 is 2.39 bits per heavy atom. The van der Waals surface area contributed by atoms with E-state index < -0.39 is 0 Å². The molecule has 0 fully saturated rings. The van der Waals surface area contributed by atoms with Crippen molar-refractivity contribution in [2.45, 2.75) is 39.5 Å². The van der Waals surface area contributed by atoms with Gasteiger partial charge in [0.1, 0.15) is 18.1 Å². The maximum atomic E-state index is 12.5. The lowest BCUT2D eigenvalue weighted by Gasteiger charge is -2.10. The Labute approximate surface area is 168 Å². The Morgan fingerprint density at radius 2 is 1.64 bits per heavy atom. The molecule has 2 aromatic rings. The Kier molecular flexibility index (Phi) is 9.94. The van der Waals surface area contributed by atoms with Gasteiger partial charge in [0.25, 0.3) is 5.91 Å². The average molecular weight is 386 g/mol. The van der Waals surface area contributed by atoms with Crippen molar-refractivity contribution in [3.05, 3.63) is 54.1 Å². The van der Waals surface area contributed by atoms with Gasteiger partial charge in [0.15, 0.2) is 0 Å². The van der Waals surface area contributed by atoms with Gasteiger partial charge < -0.3 is 19.5 Å². The van der Waals surface area contributed by atoms with Crippen molar-refractivity contribution in [3.63, 3.8) is 0 Å². The van der Waals surface area contributed by atoms with Crippen molar-refractivity contribution in [2.75, 3.05) is 31.7 Å². The Hall–Kier alpha value is -2.53. The molecule has 2 aromatic carbocycles. The minimum Gasteiger partial charge on any atom is -0.494 e. The van der Waals surface area contributed by atoms with Crippen LogP contribution in [0, 0.1) is 0 Å². The Morgan fingerprint density at radius 1 is 0.857 bits per heavy atom. The van der Waals surface area contributed by atoms with Gasteiger partial charge in [-0.1, -0.05) is 32.3 Å². The molecule has 28 heavy (non-hydrogen) atoms. The molecule has 0 bridgehead atoms. The zero-order chi connectivity index (χ0) is 20.0. The van der Waals surface area contributed by atoms with E-state index in [1.54, 1.807) is 24.3 Å². The number of unbranched alkanes of at least 4 members (excludes halogenated alkanes) is 3. The van der Waals surface area contributed by atoms with Crippen LogP contribution in [0.25, 0.3) is 0 Å². The van der Waals surface area contributed by atoms with E-state index in [0.29, 0.717) is 37.7 Å². The van der Waals surface area contributed by atoms with Gasteiger partial charge in [0.2, 0.25) is 0 Å². The van der Waals surface area contributed by atoms with E-state index in [1.165, 1.54) is 19.3 Å². The number of ether oxygens (including phenoxy) is 3. The van der Waals surface area contributed by atoms with Gasteiger partial charge in [0, 0.05) is 23.9 Å². The summed E-state index contributed by atoms with van der Waals surface area (Å²) >= 11 is 0. The molecule has 5 nitrogen and oxygen atoms in total. The molecule has 0 aliphatic rings. The largest absolute Gasteiger partial charge is 0.494 e. The van der Waals surface area contributed by atoms with E-state index in [0.717, 1.165) is 17.9 Å². The fraction of sp³-hybridized carbons (Fsp3) is 0.435. The molecule has 0 aliphatic carbocycles. The first kappa shape index (κ1) is 21.8. The molecule has 0 radical (unpaired) electrons. The second-order valence-corrected chi connectivity index (χ2v) is 6.46. The van der Waals surface area contributed by atoms with Crippen molar-refractivity contribution >= 4 is 11.6 Å². The van der Waals surface area contributed by atoms with E-state index in [4.69, 9.17) is 14.2 Å². The lowest BCUT2D eigenvalue weighted by atomic mass is 10.2. The second kappa shape index (κ2) is 12.8. The van der Waals surface area contributed by atoms with Crippen LogP contribution in [0.5, 0.6) is 11.5 Å². The summed E-state index contributed by atoms with van der Waals surface area (Å²) in [7, 11) is 0. The Bertz CT molecular complexity index is 700. The summed E-state index contributed by atoms with van der Waals surface area (Å²) in [5.74, 6) is 1.32. The van der Waals surface area contributed by atoms with E-state index >= 15 is 0 Å². The van der Waals surface area contributed by atoms with Crippen LogP contribution in [0.1, 0.15) is 49.9 Å². The molecule has 0 unspecified atom stereocenters. The third-order valence-corrected chi connectivity index (χ3v) is 4.18. The van der Waals surface area contributed by atoms with E-state index in [1.807, 2.05) is 31.2 Å². The highest BCUT2D eigenvalue weighted by Gasteiger charge is 2.07. The molecule has 1 N–H and O–H groups in total. The number of hydrogen-bond acceptors (Lipinski definition) is 4. The summed E-state index contributed by atoms with van der Waals surface area (Å²) in [6, 6.07) is 14.6. The molecule has 0 heterocycles.